The number of anilines is 2. The SMILES string of the molecule is CCCCOc1ccc(C(=O)Nc2ccc(N3CCC(C)CC3)c(C(=O)NCCc3ccccc3)c2)cc1. The molecule has 1 aliphatic heterocycles. The van der Waals surface area contributed by atoms with Crippen LogP contribution in [0.1, 0.15) is 65.8 Å². The number of amides is 2. The topological polar surface area (TPSA) is 70.7 Å². The maximum Gasteiger partial charge on any atom is 0.255 e. The van der Waals surface area contributed by atoms with Gasteiger partial charge in [0, 0.05) is 36.6 Å². The summed E-state index contributed by atoms with van der Waals surface area (Å²) < 4.78 is 5.70. The molecule has 3 aromatic carbocycles. The van der Waals surface area contributed by atoms with Crippen molar-refractivity contribution in [1.29, 1.82) is 0 Å². The number of piperidine rings is 1. The summed E-state index contributed by atoms with van der Waals surface area (Å²) in [4.78, 5) is 28.6. The van der Waals surface area contributed by atoms with E-state index in [1.54, 1.807) is 18.2 Å². The van der Waals surface area contributed by atoms with Crippen LogP contribution in [-0.2, 0) is 6.42 Å². The molecular formula is C32H39N3O3. The first-order valence-corrected chi connectivity index (χ1v) is 13.8. The van der Waals surface area contributed by atoms with E-state index in [4.69, 9.17) is 4.74 Å². The predicted octanol–water partition coefficient (Wildman–Crippen LogP) is 6.33. The molecule has 4 rings (SSSR count). The van der Waals surface area contributed by atoms with Crippen LogP contribution >= 0.6 is 0 Å². The number of carbonyl (C=O) groups excluding carboxylic acids is 2. The van der Waals surface area contributed by atoms with E-state index in [-0.39, 0.29) is 11.8 Å². The maximum atomic E-state index is 13.4. The van der Waals surface area contributed by atoms with E-state index < -0.39 is 0 Å². The van der Waals surface area contributed by atoms with Crippen LogP contribution in [0.4, 0.5) is 11.4 Å². The largest absolute Gasteiger partial charge is 0.494 e. The molecule has 0 unspecified atom stereocenters. The van der Waals surface area contributed by atoms with Gasteiger partial charge in [0.2, 0.25) is 0 Å². The molecule has 0 bridgehead atoms. The van der Waals surface area contributed by atoms with E-state index in [1.165, 1.54) is 5.56 Å². The lowest BCUT2D eigenvalue weighted by atomic mass is 9.97. The van der Waals surface area contributed by atoms with Gasteiger partial charge in [0.15, 0.2) is 0 Å². The van der Waals surface area contributed by atoms with Crippen LogP contribution in [0.25, 0.3) is 0 Å². The maximum absolute atomic E-state index is 13.4. The van der Waals surface area contributed by atoms with Crippen molar-refractivity contribution in [3.63, 3.8) is 0 Å². The van der Waals surface area contributed by atoms with Gasteiger partial charge >= 0.3 is 0 Å². The number of hydrogen-bond acceptors (Lipinski definition) is 4. The first-order chi connectivity index (χ1) is 18.5. The van der Waals surface area contributed by atoms with Gasteiger partial charge in [-0.25, -0.2) is 0 Å². The summed E-state index contributed by atoms with van der Waals surface area (Å²) in [6.45, 7) is 7.45. The molecule has 1 aliphatic rings. The highest BCUT2D eigenvalue weighted by Gasteiger charge is 2.22. The molecule has 1 fully saturated rings. The number of rotatable bonds is 11. The highest BCUT2D eigenvalue weighted by Crippen LogP contribution is 2.29. The van der Waals surface area contributed by atoms with Crippen LogP contribution in [0.3, 0.4) is 0 Å². The Labute approximate surface area is 226 Å². The summed E-state index contributed by atoms with van der Waals surface area (Å²) in [7, 11) is 0. The lowest BCUT2D eigenvalue weighted by Gasteiger charge is -2.33. The summed E-state index contributed by atoms with van der Waals surface area (Å²) in [6.07, 6.45) is 5.04. The number of benzene rings is 3. The Kier molecular flexibility index (Phi) is 9.79. The van der Waals surface area contributed by atoms with Gasteiger partial charge in [-0.15, -0.1) is 0 Å². The third-order valence-corrected chi connectivity index (χ3v) is 7.05. The molecule has 0 radical (unpaired) electrons. The molecule has 0 atom stereocenters. The average molecular weight is 514 g/mol. The number of ether oxygens (including phenoxy) is 1. The highest BCUT2D eigenvalue weighted by molar-refractivity contribution is 6.06. The number of hydrogen-bond donors (Lipinski definition) is 2. The summed E-state index contributed by atoms with van der Waals surface area (Å²) in [5.74, 6) is 1.10. The minimum Gasteiger partial charge on any atom is -0.494 e. The molecule has 2 amide bonds. The lowest BCUT2D eigenvalue weighted by molar-refractivity contribution is 0.0953. The Morgan fingerprint density at radius 1 is 0.947 bits per heavy atom. The van der Waals surface area contributed by atoms with E-state index >= 15 is 0 Å². The Morgan fingerprint density at radius 2 is 1.68 bits per heavy atom. The first-order valence-electron chi connectivity index (χ1n) is 13.8. The minimum absolute atomic E-state index is 0.126. The Bertz CT molecular complexity index is 1190. The van der Waals surface area contributed by atoms with Gasteiger partial charge in [-0.2, -0.15) is 0 Å². The van der Waals surface area contributed by atoms with Gasteiger partial charge in [0.25, 0.3) is 11.8 Å². The summed E-state index contributed by atoms with van der Waals surface area (Å²) in [5, 5.41) is 6.05. The zero-order valence-corrected chi connectivity index (χ0v) is 22.5. The molecule has 0 spiro atoms. The number of carbonyl (C=O) groups is 2. The Hall–Kier alpha value is -3.80. The first kappa shape index (κ1) is 27.2. The fraction of sp³-hybridized carbons (Fsp3) is 0.375. The second-order valence-corrected chi connectivity index (χ2v) is 10.1. The van der Waals surface area contributed by atoms with Crippen molar-refractivity contribution in [2.75, 3.05) is 36.5 Å². The van der Waals surface area contributed by atoms with Crippen molar-refractivity contribution in [2.45, 2.75) is 46.0 Å². The number of nitrogens with zero attached hydrogens (tertiary/aromatic N) is 1. The standard InChI is InChI=1S/C32H39N3O3/c1-3-4-22-38-28-13-10-26(11-14-28)31(36)34-27-12-15-30(35-20-17-24(2)18-21-35)29(23-27)32(37)33-19-16-25-8-6-5-7-9-25/h5-15,23-24H,3-4,16-22H2,1-2H3,(H,33,37)(H,34,36). The molecule has 3 aromatic rings. The third kappa shape index (κ3) is 7.60. The second kappa shape index (κ2) is 13.7. The molecule has 0 saturated carbocycles. The van der Waals surface area contributed by atoms with E-state index in [0.717, 1.165) is 56.6 Å². The van der Waals surface area contributed by atoms with Crippen molar-refractivity contribution < 1.29 is 14.3 Å². The molecule has 1 heterocycles. The van der Waals surface area contributed by atoms with Gasteiger partial charge in [0.05, 0.1) is 12.2 Å². The molecular weight excluding hydrogens is 474 g/mol. The molecule has 0 aliphatic carbocycles. The van der Waals surface area contributed by atoms with Gasteiger partial charge in [-0.3, -0.25) is 9.59 Å². The number of unbranched alkanes of at least 4 members (excludes halogenated alkanes) is 1. The Balaban J connectivity index is 1.46. The van der Waals surface area contributed by atoms with Crippen LogP contribution in [0.5, 0.6) is 5.75 Å². The molecule has 2 N–H and O–H groups in total. The fourth-order valence-electron chi connectivity index (χ4n) is 4.62. The van der Waals surface area contributed by atoms with Gasteiger partial charge in [-0.05, 0) is 79.6 Å². The summed E-state index contributed by atoms with van der Waals surface area (Å²) in [6, 6.07) is 22.9. The average Bonchev–Trinajstić information content (AvgIpc) is 2.94. The van der Waals surface area contributed by atoms with Gasteiger partial charge in [-0.1, -0.05) is 50.6 Å². The normalized spacial score (nSPS) is 13.7. The molecule has 6 heteroatoms. The number of nitrogens with one attached hydrogen (secondary N) is 2. The van der Waals surface area contributed by atoms with Crippen LogP contribution < -0.4 is 20.3 Å². The quantitative estimate of drug-likeness (QED) is 0.294. The van der Waals surface area contributed by atoms with E-state index in [9.17, 15) is 9.59 Å². The van der Waals surface area contributed by atoms with Crippen molar-refractivity contribution in [3.05, 3.63) is 89.5 Å². The van der Waals surface area contributed by atoms with E-state index in [2.05, 4.69) is 41.5 Å². The smallest absolute Gasteiger partial charge is 0.255 e. The van der Waals surface area contributed by atoms with Gasteiger partial charge in [0.1, 0.15) is 5.75 Å². The molecule has 6 nitrogen and oxygen atoms in total. The zero-order chi connectivity index (χ0) is 26.7. The minimum atomic E-state index is -0.222. The Morgan fingerprint density at radius 3 is 2.39 bits per heavy atom. The monoisotopic (exact) mass is 513 g/mol. The summed E-state index contributed by atoms with van der Waals surface area (Å²) >= 11 is 0. The molecule has 1 saturated heterocycles. The van der Waals surface area contributed by atoms with Gasteiger partial charge < -0.3 is 20.3 Å². The van der Waals surface area contributed by atoms with Crippen LogP contribution in [-0.4, -0.2) is 38.1 Å². The van der Waals surface area contributed by atoms with Crippen LogP contribution in [0.15, 0.2) is 72.8 Å². The van der Waals surface area contributed by atoms with Crippen LogP contribution in [0.2, 0.25) is 0 Å². The third-order valence-electron chi connectivity index (χ3n) is 7.05. The predicted molar refractivity (Wildman–Crippen MR) is 154 cm³/mol. The highest BCUT2D eigenvalue weighted by atomic mass is 16.5. The molecule has 200 valence electrons. The second-order valence-electron chi connectivity index (χ2n) is 10.1. The van der Waals surface area contributed by atoms with E-state index in [1.807, 2.05) is 42.5 Å². The van der Waals surface area contributed by atoms with Crippen molar-refractivity contribution in [3.8, 4) is 5.75 Å². The molecule has 38 heavy (non-hydrogen) atoms. The lowest BCUT2D eigenvalue weighted by Crippen LogP contribution is -2.35. The van der Waals surface area contributed by atoms with Crippen LogP contribution in [0, 0.1) is 5.92 Å². The van der Waals surface area contributed by atoms with Crippen molar-refractivity contribution in [2.24, 2.45) is 5.92 Å². The van der Waals surface area contributed by atoms with Crippen molar-refractivity contribution >= 4 is 23.2 Å². The summed E-state index contributed by atoms with van der Waals surface area (Å²) in [5.41, 5.74) is 3.82. The zero-order valence-electron chi connectivity index (χ0n) is 22.5. The fourth-order valence-corrected chi connectivity index (χ4v) is 4.62. The van der Waals surface area contributed by atoms with E-state index in [0.29, 0.717) is 35.9 Å². The van der Waals surface area contributed by atoms with Crippen molar-refractivity contribution in [1.82, 2.24) is 5.32 Å². The molecule has 0 aromatic heterocycles.